The number of aromatic hydroxyl groups is 2. The highest BCUT2D eigenvalue weighted by atomic mass is 16.5. The lowest BCUT2D eigenvalue weighted by atomic mass is 10.00. The van der Waals surface area contributed by atoms with Gasteiger partial charge in [0, 0.05) is 0 Å². The molecule has 120 valence electrons. The molecule has 0 amide bonds. The molecule has 0 saturated heterocycles. The van der Waals surface area contributed by atoms with E-state index >= 15 is 0 Å². The van der Waals surface area contributed by atoms with Crippen molar-refractivity contribution in [1.82, 2.24) is 0 Å². The van der Waals surface area contributed by atoms with Crippen molar-refractivity contribution in [3.63, 3.8) is 0 Å². The van der Waals surface area contributed by atoms with Crippen LogP contribution in [-0.4, -0.2) is 36.4 Å². The quantitative estimate of drug-likeness (QED) is 0.841. The summed E-state index contributed by atoms with van der Waals surface area (Å²) in [5.41, 5.74) is 1.61. The zero-order valence-corrected chi connectivity index (χ0v) is 12.7. The molecule has 0 unspecified atom stereocenters. The van der Waals surface area contributed by atoms with E-state index in [1.807, 2.05) is 0 Å². The summed E-state index contributed by atoms with van der Waals surface area (Å²) in [6.45, 7) is 0. The number of benzene rings is 2. The maximum Gasteiger partial charge on any atom is 0.341 e. The van der Waals surface area contributed by atoms with E-state index < -0.39 is 11.9 Å². The van der Waals surface area contributed by atoms with E-state index in [4.69, 9.17) is 0 Å². The van der Waals surface area contributed by atoms with Gasteiger partial charge in [0.1, 0.15) is 22.6 Å². The summed E-state index contributed by atoms with van der Waals surface area (Å²) < 4.78 is 9.22. The van der Waals surface area contributed by atoms with Gasteiger partial charge in [-0.2, -0.15) is 0 Å². The standard InChI is InChI=1S/C17H16O6/c1-22-16(20)12-8-10(3-5-14(12)18)7-11-4-6-15(19)13(9-11)17(21)23-2/h3-6,8-9,18-19H,7H2,1-2H3. The van der Waals surface area contributed by atoms with Crippen LogP contribution in [0.15, 0.2) is 36.4 Å². The van der Waals surface area contributed by atoms with Gasteiger partial charge in [-0.3, -0.25) is 0 Å². The summed E-state index contributed by atoms with van der Waals surface area (Å²) >= 11 is 0. The van der Waals surface area contributed by atoms with Gasteiger partial charge in [0.25, 0.3) is 0 Å². The molecule has 2 aromatic carbocycles. The third kappa shape index (κ3) is 3.60. The molecule has 0 fully saturated rings. The minimum absolute atomic E-state index is 0.0666. The highest BCUT2D eigenvalue weighted by Gasteiger charge is 2.14. The fourth-order valence-electron chi connectivity index (χ4n) is 2.17. The fraction of sp³-hybridized carbons (Fsp3) is 0.176. The Kier molecular flexibility index (Phi) is 4.85. The van der Waals surface area contributed by atoms with Crippen LogP contribution in [0.1, 0.15) is 31.8 Å². The molecule has 0 saturated carbocycles. The number of hydrogen-bond donors (Lipinski definition) is 2. The van der Waals surface area contributed by atoms with Gasteiger partial charge in [0.15, 0.2) is 0 Å². The molecule has 6 heteroatoms. The predicted molar refractivity (Wildman–Crippen MR) is 81.7 cm³/mol. The van der Waals surface area contributed by atoms with Crippen molar-refractivity contribution in [2.24, 2.45) is 0 Å². The van der Waals surface area contributed by atoms with E-state index in [0.29, 0.717) is 6.42 Å². The number of ether oxygens (including phenoxy) is 2. The first-order valence-electron chi connectivity index (χ1n) is 6.76. The van der Waals surface area contributed by atoms with Crippen LogP contribution in [0.5, 0.6) is 11.5 Å². The summed E-state index contributed by atoms with van der Waals surface area (Å²) in [6.07, 6.45) is 0.397. The van der Waals surface area contributed by atoms with E-state index in [-0.39, 0.29) is 22.6 Å². The highest BCUT2D eigenvalue weighted by molar-refractivity contribution is 5.93. The van der Waals surface area contributed by atoms with Crippen LogP contribution in [0.3, 0.4) is 0 Å². The molecule has 0 atom stereocenters. The Balaban J connectivity index is 2.33. The Hall–Kier alpha value is -3.02. The Bertz CT molecular complexity index is 687. The first kappa shape index (κ1) is 16.4. The fourth-order valence-corrected chi connectivity index (χ4v) is 2.17. The predicted octanol–water partition coefficient (Wildman–Crippen LogP) is 2.26. The lowest BCUT2D eigenvalue weighted by Crippen LogP contribution is -2.04. The van der Waals surface area contributed by atoms with Gasteiger partial charge >= 0.3 is 11.9 Å². The van der Waals surface area contributed by atoms with Crippen LogP contribution < -0.4 is 0 Å². The van der Waals surface area contributed by atoms with Crippen molar-refractivity contribution in [2.45, 2.75) is 6.42 Å². The van der Waals surface area contributed by atoms with Crippen LogP contribution in [0, 0.1) is 0 Å². The van der Waals surface area contributed by atoms with Crippen molar-refractivity contribution < 1.29 is 29.3 Å². The zero-order valence-electron chi connectivity index (χ0n) is 12.7. The third-order valence-electron chi connectivity index (χ3n) is 3.34. The molecule has 0 aromatic heterocycles. The molecule has 23 heavy (non-hydrogen) atoms. The lowest BCUT2D eigenvalue weighted by Gasteiger charge is -2.08. The van der Waals surface area contributed by atoms with E-state index in [1.54, 1.807) is 12.1 Å². The van der Waals surface area contributed by atoms with E-state index in [1.165, 1.54) is 38.5 Å². The van der Waals surface area contributed by atoms with Crippen LogP contribution >= 0.6 is 0 Å². The molecule has 2 aromatic rings. The van der Waals surface area contributed by atoms with Gasteiger partial charge in [0.05, 0.1) is 14.2 Å². The van der Waals surface area contributed by atoms with Crippen molar-refractivity contribution in [2.75, 3.05) is 14.2 Å². The molecule has 2 rings (SSSR count). The monoisotopic (exact) mass is 316 g/mol. The molecule has 0 aliphatic rings. The summed E-state index contributed by atoms with van der Waals surface area (Å²) in [7, 11) is 2.47. The summed E-state index contributed by atoms with van der Waals surface area (Å²) in [6, 6.07) is 9.17. The van der Waals surface area contributed by atoms with Crippen LogP contribution in [0.25, 0.3) is 0 Å². The van der Waals surface area contributed by atoms with Crippen molar-refractivity contribution in [3.05, 3.63) is 58.7 Å². The number of carbonyl (C=O) groups excluding carboxylic acids is 2. The number of phenols is 2. The van der Waals surface area contributed by atoms with Gasteiger partial charge in [-0.05, 0) is 41.8 Å². The van der Waals surface area contributed by atoms with E-state index in [0.717, 1.165) is 11.1 Å². The minimum Gasteiger partial charge on any atom is -0.507 e. The normalized spacial score (nSPS) is 10.2. The maximum absolute atomic E-state index is 11.6. The molecule has 0 heterocycles. The second-order valence-corrected chi connectivity index (χ2v) is 4.86. The van der Waals surface area contributed by atoms with Crippen molar-refractivity contribution in [3.8, 4) is 11.5 Å². The molecule has 0 radical (unpaired) electrons. The maximum atomic E-state index is 11.6. The Labute approximate surface area is 132 Å². The number of phenolic OH excluding ortho intramolecular Hbond substituents is 2. The van der Waals surface area contributed by atoms with Crippen LogP contribution in [-0.2, 0) is 15.9 Å². The molecule has 0 aliphatic carbocycles. The van der Waals surface area contributed by atoms with Gasteiger partial charge in [-0.1, -0.05) is 12.1 Å². The number of carbonyl (C=O) groups is 2. The Morgan fingerprint density at radius 2 is 1.22 bits per heavy atom. The highest BCUT2D eigenvalue weighted by Crippen LogP contribution is 2.24. The number of methoxy groups -OCH3 is 2. The average Bonchev–Trinajstić information content (AvgIpc) is 2.56. The van der Waals surface area contributed by atoms with Crippen molar-refractivity contribution in [1.29, 1.82) is 0 Å². The number of rotatable bonds is 4. The Morgan fingerprint density at radius 3 is 1.57 bits per heavy atom. The smallest absolute Gasteiger partial charge is 0.341 e. The molecule has 6 nitrogen and oxygen atoms in total. The lowest BCUT2D eigenvalue weighted by molar-refractivity contribution is 0.0588. The van der Waals surface area contributed by atoms with Gasteiger partial charge < -0.3 is 19.7 Å². The summed E-state index contributed by atoms with van der Waals surface area (Å²) in [5.74, 6) is -1.60. The number of esters is 2. The van der Waals surface area contributed by atoms with Crippen molar-refractivity contribution >= 4 is 11.9 Å². The average molecular weight is 316 g/mol. The van der Waals surface area contributed by atoms with Gasteiger partial charge in [-0.15, -0.1) is 0 Å². The molecule has 0 aliphatic heterocycles. The second-order valence-electron chi connectivity index (χ2n) is 4.86. The molecule has 2 N–H and O–H groups in total. The number of hydrogen-bond acceptors (Lipinski definition) is 6. The van der Waals surface area contributed by atoms with E-state index in [2.05, 4.69) is 9.47 Å². The van der Waals surface area contributed by atoms with Crippen LogP contribution in [0.2, 0.25) is 0 Å². The molecular weight excluding hydrogens is 300 g/mol. The zero-order chi connectivity index (χ0) is 17.0. The molecule has 0 bridgehead atoms. The largest absolute Gasteiger partial charge is 0.507 e. The van der Waals surface area contributed by atoms with Gasteiger partial charge in [-0.25, -0.2) is 9.59 Å². The summed E-state index contributed by atoms with van der Waals surface area (Å²) in [5, 5.41) is 19.4. The first-order chi connectivity index (χ1) is 11.0. The van der Waals surface area contributed by atoms with E-state index in [9.17, 15) is 19.8 Å². The Morgan fingerprint density at radius 1 is 0.826 bits per heavy atom. The topological polar surface area (TPSA) is 93.1 Å². The minimum atomic E-state index is -0.634. The summed E-state index contributed by atoms with van der Waals surface area (Å²) in [4.78, 5) is 23.2. The molecular formula is C17H16O6. The molecule has 0 spiro atoms. The van der Waals surface area contributed by atoms with Gasteiger partial charge in [0.2, 0.25) is 0 Å². The third-order valence-corrected chi connectivity index (χ3v) is 3.34. The second kappa shape index (κ2) is 6.83. The van der Waals surface area contributed by atoms with Crippen LogP contribution in [0.4, 0.5) is 0 Å². The SMILES string of the molecule is COC(=O)c1cc(Cc2ccc(O)c(C(=O)OC)c2)ccc1O. The first-order valence-corrected chi connectivity index (χ1v) is 6.76.